The summed E-state index contributed by atoms with van der Waals surface area (Å²) in [7, 11) is 0. The molecule has 0 aliphatic rings. The molecular formula is C10H6Cl3N. The maximum atomic E-state index is 6.01. The quantitative estimate of drug-likeness (QED) is 0.686. The molecule has 2 aromatic rings. The van der Waals surface area contributed by atoms with Gasteiger partial charge in [-0.1, -0.05) is 34.8 Å². The van der Waals surface area contributed by atoms with E-state index in [2.05, 4.69) is 0 Å². The Kier molecular flexibility index (Phi) is 2.48. The zero-order chi connectivity index (χ0) is 10.3. The van der Waals surface area contributed by atoms with E-state index < -0.39 is 0 Å². The molecule has 0 bridgehead atoms. The van der Waals surface area contributed by atoms with Gasteiger partial charge in [-0.15, -0.1) is 0 Å². The first-order chi connectivity index (χ1) is 6.58. The lowest BCUT2D eigenvalue weighted by atomic mass is 10.1. The van der Waals surface area contributed by atoms with Gasteiger partial charge in [0.1, 0.15) is 0 Å². The SMILES string of the molecule is Nc1cc(Cl)c2cc(Cl)cc(Cl)c2c1. The number of benzene rings is 2. The van der Waals surface area contributed by atoms with Gasteiger partial charge in [0.15, 0.2) is 0 Å². The summed E-state index contributed by atoms with van der Waals surface area (Å²) in [5.41, 5.74) is 6.25. The molecule has 2 N–H and O–H groups in total. The molecule has 14 heavy (non-hydrogen) atoms. The highest BCUT2D eigenvalue weighted by molar-refractivity contribution is 6.42. The summed E-state index contributed by atoms with van der Waals surface area (Å²) < 4.78 is 0. The van der Waals surface area contributed by atoms with Gasteiger partial charge in [-0.05, 0) is 24.3 Å². The number of halogens is 3. The van der Waals surface area contributed by atoms with Crippen molar-refractivity contribution in [3.8, 4) is 0 Å². The predicted octanol–water partition coefficient (Wildman–Crippen LogP) is 4.38. The smallest absolute Gasteiger partial charge is 0.0505 e. The number of hydrogen-bond acceptors (Lipinski definition) is 1. The van der Waals surface area contributed by atoms with Gasteiger partial charge in [-0.25, -0.2) is 0 Å². The number of nitrogen functional groups attached to an aromatic ring is 1. The Balaban J connectivity index is 2.94. The van der Waals surface area contributed by atoms with E-state index in [1.54, 1.807) is 24.3 Å². The Morgan fingerprint density at radius 1 is 0.786 bits per heavy atom. The molecule has 0 aliphatic carbocycles. The van der Waals surface area contributed by atoms with Crippen molar-refractivity contribution in [1.82, 2.24) is 0 Å². The Morgan fingerprint density at radius 3 is 2.07 bits per heavy atom. The van der Waals surface area contributed by atoms with Crippen molar-refractivity contribution in [2.45, 2.75) is 0 Å². The fraction of sp³-hybridized carbons (Fsp3) is 0. The Labute approximate surface area is 96.4 Å². The van der Waals surface area contributed by atoms with E-state index in [4.69, 9.17) is 40.5 Å². The van der Waals surface area contributed by atoms with Crippen LogP contribution in [0, 0.1) is 0 Å². The van der Waals surface area contributed by atoms with Crippen LogP contribution in [0.15, 0.2) is 24.3 Å². The van der Waals surface area contributed by atoms with Gasteiger partial charge in [0.25, 0.3) is 0 Å². The van der Waals surface area contributed by atoms with Gasteiger partial charge in [0, 0.05) is 21.5 Å². The molecule has 0 aromatic heterocycles. The Morgan fingerprint density at radius 2 is 1.36 bits per heavy atom. The molecule has 0 saturated heterocycles. The molecule has 2 aromatic carbocycles. The Hall–Kier alpha value is -0.630. The second-order valence-electron chi connectivity index (χ2n) is 2.99. The standard InChI is InChI=1S/C10H6Cl3N/c11-5-1-7-8(9(12)2-5)3-6(14)4-10(7)13/h1-4H,14H2. The van der Waals surface area contributed by atoms with Crippen molar-refractivity contribution < 1.29 is 0 Å². The van der Waals surface area contributed by atoms with Crippen LogP contribution in [0.25, 0.3) is 10.8 Å². The number of hydrogen-bond donors (Lipinski definition) is 1. The van der Waals surface area contributed by atoms with Gasteiger partial charge in [-0.2, -0.15) is 0 Å². The molecule has 0 heterocycles. The zero-order valence-electron chi connectivity index (χ0n) is 7.02. The highest BCUT2D eigenvalue weighted by Crippen LogP contribution is 2.34. The van der Waals surface area contributed by atoms with Gasteiger partial charge in [-0.3, -0.25) is 0 Å². The highest BCUT2D eigenvalue weighted by Gasteiger charge is 2.05. The summed E-state index contributed by atoms with van der Waals surface area (Å²) in [6, 6.07) is 6.89. The van der Waals surface area contributed by atoms with E-state index in [0.29, 0.717) is 20.8 Å². The van der Waals surface area contributed by atoms with Crippen LogP contribution >= 0.6 is 34.8 Å². The first kappa shape index (κ1) is 9.91. The van der Waals surface area contributed by atoms with Crippen molar-refractivity contribution in [3.63, 3.8) is 0 Å². The number of rotatable bonds is 0. The lowest BCUT2D eigenvalue weighted by Crippen LogP contribution is -1.85. The van der Waals surface area contributed by atoms with Crippen molar-refractivity contribution in [3.05, 3.63) is 39.3 Å². The van der Waals surface area contributed by atoms with Crippen molar-refractivity contribution in [1.29, 1.82) is 0 Å². The summed E-state index contributed by atoms with van der Waals surface area (Å²) in [5, 5.41) is 3.32. The average molecular weight is 247 g/mol. The molecule has 0 atom stereocenters. The van der Waals surface area contributed by atoms with Crippen molar-refractivity contribution in [2.24, 2.45) is 0 Å². The fourth-order valence-electron chi connectivity index (χ4n) is 1.36. The topological polar surface area (TPSA) is 26.0 Å². The number of anilines is 1. The lowest BCUT2D eigenvalue weighted by Gasteiger charge is -2.05. The minimum Gasteiger partial charge on any atom is -0.399 e. The molecule has 4 heteroatoms. The van der Waals surface area contributed by atoms with Crippen LogP contribution in [0.4, 0.5) is 5.69 Å². The second-order valence-corrected chi connectivity index (χ2v) is 4.24. The molecular weight excluding hydrogens is 240 g/mol. The van der Waals surface area contributed by atoms with Gasteiger partial charge in [0.2, 0.25) is 0 Å². The third kappa shape index (κ3) is 1.63. The molecule has 2 rings (SSSR count). The summed E-state index contributed by atoms with van der Waals surface area (Å²) in [6.45, 7) is 0. The second kappa shape index (κ2) is 3.50. The first-order valence-corrected chi connectivity index (χ1v) is 5.05. The molecule has 72 valence electrons. The summed E-state index contributed by atoms with van der Waals surface area (Å²) in [5.74, 6) is 0. The first-order valence-electron chi connectivity index (χ1n) is 3.92. The summed E-state index contributed by atoms with van der Waals surface area (Å²) >= 11 is 17.9. The summed E-state index contributed by atoms with van der Waals surface area (Å²) in [4.78, 5) is 0. The van der Waals surface area contributed by atoms with E-state index in [1.165, 1.54) is 0 Å². The normalized spacial score (nSPS) is 10.8. The molecule has 0 saturated carbocycles. The van der Waals surface area contributed by atoms with E-state index in [1.807, 2.05) is 0 Å². The molecule has 0 radical (unpaired) electrons. The van der Waals surface area contributed by atoms with Crippen LogP contribution in [-0.4, -0.2) is 0 Å². The molecule has 0 spiro atoms. The van der Waals surface area contributed by atoms with E-state index in [0.717, 1.165) is 10.8 Å². The third-order valence-electron chi connectivity index (χ3n) is 1.96. The number of nitrogens with two attached hydrogens (primary N) is 1. The largest absolute Gasteiger partial charge is 0.399 e. The van der Waals surface area contributed by atoms with Gasteiger partial charge < -0.3 is 5.73 Å². The third-order valence-corrected chi connectivity index (χ3v) is 2.80. The molecule has 1 nitrogen and oxygen atoms in total. The highest BCUT2D eigenvalue weighted by atomic mass is 35.5. The monoisotopic (exact) mass is 245 g/mol. The fourth-order valence-corrected chi connectivity index (χ4v) is 2.19. The van der Waals surface area contributed by atoms with Crippen LogP contribution in [0.2, 0.25) is 15.1 Å². The van der Waals surface area contributed by atoms with Crippen molar-refractivity contribution in [2.75, 3.05) is 5.73 Å². The van der Waals surface area contributed by atoms with E-state index in [9.17, 15) is 0 Å². The minimum atomic E-state index is 0.557. The average Bonchev–Trinajstić information content (AvgIpc) is 2.07. The van der Waals surface area contributed by atoms with Crippen molar-refractivity contribution >= 4 is 51.3 Å². The van der Waals surface area contributed by atoms with Crippen LogP contribution in [0.1, 0.15) is 0 Å². The predicted molar refractivity (Wildman–Crippen MR) is 63.4 cm³/mol. The molecule has 0 aliphatic heterocycles. The maximum Gasteiger partial charge on any atom is 0.0505 e. The lowest BCUT2D eigenvalue weighted by molar-refractivity contribution is 1.72. The van der Waals surface area contributed by atoms with E-state index >= 15 is 0 Å². The van der Waals surface area contributed by atoms with Crippen LogP contribution in [-0.2, 0) is 0 Å². The van der Waals surface area contributed by atoms with Crippen LogP contribution < -0.4 is 5.73 Å². The van der Waals surface area contributed by atoms with Crippen LogP contribution in [0.3, 0.4) is 0 Å². The molecule has 0 unspecified atom stereocenters. The van der Waals surface area contributed by atoms with E-state index in [-0.39, 0.29) is 0 Å². The minimum absolute atomic E-state index is 0.557. The molecule has 0 fully saturated rings. The zero-order valence-corrected chi connectivity index (χ0v) is 9.29. The number of fused-ring (bicyclic) bond motifs is 1. The molecule has 0 amide bonds. The Bertz CT molecular complexity index is 461. The van der Waals surface area contributed by atoms with Gasteiger partial charge in [0.05, 0.1) is 10.0 Å². The van der Waals surface area contributed by atoms with Gasteiger partial charge >= 0.3 is 0 Å². The van der Waals surface area contributed by atoms with Crippen LogP contribution in [0.5, 0.6) is 0 Å². The maximum absolute atomic E-state index is 6.01. The summed E-state index contributed by atoms with van der Waals surface area (Å²) in [6.07, 6.45) is 0.